The minimum absolute atomic E-state index is 0.477. The molecule has 2 aromatic rings. The van der Waals surface area contributed by atoms with Crippen molar-refractivity contribution >= 4 is 11.6 Å². The van der Waals surface area contributed by atoms with Crippen LogP contribution in [-0.4, -0.2) is 48.0 Å². The molecule has 0 aliphatic carbocycles. The van der Waals surface area contributed by atoms with E-state index in [9.17, 15) is 0 Å². The first kappa shape index (κ1) is 18.6. The maximum absolute atomic E-state index is 8.98. The number of halogens is 1. The molecule has 3 rings (SSSR count). The average molecular weight is 375 g/mol. The number of rotatable bonds is 7. The van der Waals surface area contributed by atoms with Crippen molar-refractivity contribution in [3.05, 3.63) is 41.2 Å². The van der Waals surface area contributed by atoms with Crippen LogP contribution in [0.25, 0.3) is 0 Å². The molecule has 1 saturated heterocycles. The maximum atomic E-state index is 8.98. The summed E-state index contributed by atoms with van der Waals surface area (Å²) in [6, 6.07) is 7.37. The number of hydrogen-bond acceptors (Lipinski definition) is 5. The highest BCUT2D eigenvalue weighted by atomic mass is 35.5. The van der Waals surface area contributed by atoms with E-state index in [1.54, 1.807) is 31.5 Å². The highest BCUT2D eigenvalue weighted by Gasteiger charge is 2.21. The summed E-state index contributed by atoms with van der Waals surface area (Å²) in [5, 5.41) is 13.9. The molecule has 1 aromatic heterocycles. The van der Waals surface area contributed by atoms with Crippen molar-refractivity contribution in [2.24, 2.45) is 5.92 Å². The monoisotopic (exact) mass is 374 g/mol. The maximum Gasteiger partial charge on any atom is 0.162 e. The van der Waals surface area contributed by atoms with Gasteiger partial charge in [-0.05, 0) is 31.5 Å². The van der Waals surface area contributed by atoms with Gasteiger partial charge in [0, 0.05) is 31.3 Å². The Morgan fingerprint density at radius 3 is 2.96 bits per heavy atom. The number of benzene rings is 1. The summed E-state index contributed by atoms with van der Waals surface area (Å²) >= 11 is 5.91. The molecule has 0 amide bonds. The molecule has 1 aliphatic heterocycles. The van der Waals surface area contributed by atoms with Gasteiger partial charge in [-0.15, -0.1) is 0 Å². The van der Waals surface area contributed by atoms with E-state index in [2.05, 4.69) is 16.1 Å². The Bertz CT molecular complexity index is 771. The molecule has 6 nitrogen and oxygen atoms in total. The third-order valence-corrected chi connectivity index (χ3v) is 4.81. The minimum atomic E-state index is 0.477. The van der Waals surface area contributed by atoms with Crippen LogP contribution in [0, 0.1) is 17.2 Å². The predicted octanol–water partition coefficient (Wildman–Crippen LogP) is 3.21. The topological polar surface area (TPSA) is 63.3 Å². The second kappa shape index (κ2) is 8.93. The molecule has 2 heterocycles. The minimum Gasteiger partial charge on any atom is -0.493 e. The molecule has 26 heavy (non-hydrogen) atoms. The number of aromatic nitrogens is 2. The molecule has 0 N–H and O–H groups in total. The van der Waals surface area contributed by atoms with Crippen molar-refractivity contribution in [2.75, 3.05) is 33.4 Å². The van der Waals surface area contributed by atoms with Crippen LogP contribution in [-0.2, 0) is 6.54 Å². The number of nitriles is 1. The number of hydrogen-bond donors (Lipinski definition) is 0. The van der Waals surface area contributed by atoms with E-state index < -0.39 is 0 Å². The Morgan fingerprint density at radius 1 is 1.35 bits per heavy atom. The van der Waals surface area contributed by atoms with Crippen molar-refractivity contribution in [1.82, 2.24) is 14.7 Å². The van der Waals surface area contributed by atoms with Gasteiger partial charge in [-0.2, -0.15) is 10.4 Å². The molecular weight excluding hydrogens is 352 g/mol. The van der Waals surface area contributed by atoms with E-state index in [0.29, 0.717) is 34.6 Å². The van der Waals surface area contributed by atoms with Gasteiger partial charge in [0.05, 0.1) is 43.1 Å². The summed E-state index contributed by atoms with van der Waals surface area (Å²) in [7, 11) is 1.59. The first-order chi connectivity index (χ1) is 12.7. The second-order valence-electron chi connectivity index (χ2n) is 6.52. The van der Waals surface area contributed by atoms with Gasteiger partial charge in [0.1, 0.15) is 0 Å². The zero-order valence-corrected chi connectivity index (χ0v) is 15.7. The number of ether oxygens (including phenoxy) is 2. The van der Waals surface area contributed by atoms with E-state index >= 15 is 0 Å². The smallest absolute Gasteiger partial charge is 0.162 e. The fourth-order valence-electron chi connectivity index (χ4n) is 3.26. The number of likely N-dealkylation sites (tertiary alicyclic amines) is 1. The van der Waals surface area contributed by atoms with Gasteiger partial charge in [-0.25, -0.2) is 0 Å². The van der Waals surface area contributed by atoms with Crippen LogP contribution in [0.2, 0.25) is 5.02 Å². The van der Waals surface area contributed by atoms with E-state index in [1.807, 2.05) is 10.9 Å². The van der Waals surface area contributed by atoms with Crippen LogP contribution < -0.4 is 9.47 Å². The average Bonchev–Trinajstić information content (AvgIpc) is 3.10. The third-order valence-electron chi connectivity index (χ3n) is 4.62. The number of methoxy groups -OCH3 is 1. The van der Waals surface area contributed by atoms with Crippen LogP contribution in [0.1, 0.15) is 18.4 Å². The van der Waals surface area contributed by atoms with E-state index in [0.717, 1.165) is 32.6 Å². The highest BCUT2D eigenvalue weighted by Crippen LogP contribution is 2.29. The van der Waals surface area contributed by atoms with Crippen LogP contribution >= 0.6 is 11.6 Å². The summed E-state index contributed by atoms with van der Waals surface area (Å²) in [4.78, 5) is 2.45. The Morgan fingerprint density at radius 2 is 2.23 bits per heavy atom. The van der Waals surface area contributed by atoms with Crippen molar-refractivity contribution in [2.45, 2.75) is 19.4 Å². The Hall–Kier alpha value is -2.23. The Labute approximate surface area is 158 Å². The van der Waals surface area contributed by atoms with Gasteiger partial charge < -0.3 is 14.4 Å². The molecule has 138 valence electrons. The normalized spacial score (nSPS) is 17.7. The lowest BCUT2D eigenvalue weighted by atomic mass is 9.99. The molecule has 1 atom stereocenters. The number of piperidine rings is 1. The molecular formula is C19H23ClN4O2. The van der Waals surface area contributed by atoms with Crippen LogP contribution in [0.15, 0.2) is 30.6 Å². The Kier molecular flexibility index (Phi) is 6.37. The zero-order chi connectivity index (χ0) is 18.4. The fraction of sp³-hybridized carbons (Fsp3) is 0.474. The molecule has 7 heteroatoms. The summed E-state index contributed by atoms with van der Waals surface area (Å²) in [5.74, 6) is 1.77. The van der Waals surface area contributed by atoms with Gasteiger partial charge in [-0.3, -0.25) is 4.68 Å². The fourth-order valence-corrected chi connectivity index (χ4v) is 3.42. The molecule has 0 saturated carbocycles. The zero-order valence-electron chi connectivity index (χ0n) is 14.9. The molecule has 1 aliphatic rings. The lowest BCUT2D eigenvalue weighted by Gasteiger charge is -2.32. The lowest BCUT2D eigenvalue weighted by molar-refractivity contribution is 0.124. The van der Waals surface area contributed by atoms with Crippen LogP contribution in [0.4, 0.5) is 0 Å². The SMILES string of the molecule is COc1cc(C#N)ccc1OCC1CCCN(CCn2cc(Cl)cn2)C1. The van der Waals surface area contributed by atoms with Crippen molar-refractivity contribution in [1.29, 1.82) is 5.26 Å². The summed E-state index contributed by atoms with van der Waals surface area (Å²) in [6.07, 6.45) is 5.84. The molecule has 1 aromatic carbocycles. The molecule has 0 bridgehead atoms. The highest BCUT2D eigenvalue weighted by molar-refractivity contribution is 6.30. The molecule has 0 spiro atoms. The largest absolute Gasteiger partial charge is 0.493 e. The summed E-state index contributed by atoms with van der Waals surface area (Å²) in [6.45, 7) is 4.55. The third kappa shape index (κ3) is 4.90. The van der Waals surface area contributed by atoms with Crippen molar-refractivity contribution in [3.8, 4) is 17.6 Å². The van der Waals surface area contributed by atoms with E-state index in [-0.39, 0.29) is 0 Å². The Balaban J connectivity index is 1.50. The first-order valence-corrected chi connectivity index (χ1v) is 9.17. The molecule has 0 radical (unpaired) electrons. The lowest BCUT2D eigenvalue weighted by Crippen LogP contribution is -2.39. The summed E-state index contributed by atoms with van der Waals surface area (Å²) in [5.41, 5.74) is 0.566. The van der Waals surface area contributed by atoms with E-state index in [1.165, 1.54) is 6.42 Å². The van der Waals surface area contributed by atoms with Crippen molar-refractivity contribution < 1.29 is 9.47 Å². The molecule has 1 fully saturated rings. The quantitative estimate of drug-likeness (QED) is 0.744. The second-order valence-corrected chi connectivity index (χ2v) is 6.96. The molecule has 1 unspecified atom stereocenters. The van der Waals surface area contributed by atoms with Gasteiger partial charge in [-0.1, -0.05) is 11.6 Å². The van der Waals surface area contributed by atoms with E-state index in [4.69, 9.17) is 26.3 Å². The van der Waals surface area contributed by atoms with Crippen LogP contribution in [0.5, 0.6) is 11.5 Å². The standard InChI is InChI=1S/C19H23ClN4O2/c1-25-19-9-15(10-21)4-5-18(19)26-14-16-3-2-6-23(12-16)7-8-24-13-17(20)11-22-24/h4-5,9,11,13,16H,2-3,6-8,12,14H2,1H3. The van der Waals surface area contributed by atoms with Gasteiger partial charge in [0.15, 0.2) is 11.5 Å². The number of nitrogens with zero attached hydrogens (tertiary/aromatic N) is 4. The first-order valence-electron chi connectivity index (χ1n) is 8.79. The van der Waals surface area contributed by atoms with Gasteiger partial charge in [0.2, 0.25) is 0 Å². The van der Waals surface area contributed by atoms with Gasteiger partial charge in [0.25, 0.3) is 0 Å². The summed E-state index contributed by atoms with van der Waals surface area (Å²) < 4.78 is 13.2. The van der Waals surface area contributed by atoms with Crippen LogP contribution in [0.3, 0.4) is 0 Å². The van der Waals surface area contributed by atoms with Crippen molar-refractivity contribution in [3.63, 3.8) is 0 Å². The predicted molar refractivity (Wildman–Crippen MR) is 99.6 cm³/mol. The van der Waals surface area contributed by atoms with Gasteiger partial charge >= 0.3 is 0 Å².